The van der Waals surface area contributed by atoms with Gasteiger partial charge in [-0.25, -0.2) is 4.98 Å². The summed E-state index contributed by atoms with van der Waals surface area (Å²) in [5.74, 6) is 1.01. The molecule has 0 saturated carbocycles. The minimum Gasteiger partial charge on any atom is -0.351 e. The van der Waals surface area contributed by atoms with Crippen LogP contribution in [0.15, 0.2) is 36.7 Å². The van der Waals surface area contributed by atoms with E-state index in [1.165, 1.54) is 0 Å². The summed E-state index contributed by atoms with van der Waals surface area (Å²) in [6.07, 6.45) is 6.90. The minimum absolute atomic E-state index is 0.0303. The van der Waals surface area contributed by atoms with Gasteiger partial charge in [0.05, 0.1) is 6.04 Å². The average Bonchev–Trinajstić information content (AvgIpc) is 3.27. The number of piperidine rings is 1. The molecule has 1 aromatic carbocycles. The van der Waals surface area contributed by atoms with Crippen LogP contribution in [0.3, 0.4) is 0 Å². The fourth-order valence-corrected chi connectivity index (χ4v) is 3.88. The Hall–Kier alpha value is -2.27. The third-order valence-corrected chi connectivity index (χ3v) is 5.20. The Kier molecular flexibility index (Phi) is 4.25. The summed E-state index contributed by atoms with van der Waals surface area (Å²) in [6, 6.07) is 7.54. The zero-order valence-corrected chi connectivity index (χ0v) is 15.0. The number of nitrogens with zero attached hydrogens (tertiary/aromatic N) is 3. The van der Waals surface area contributed by atoms with Crippen LogP contribution in [-0.4, -0.2) is 31.9 Å². The molecular weight excluding hydrogens is 336 g/mol. The van der Waals surface area contributed by atoms with Crippen molar-refractivity contribution in [2.24, 2.45) is 0 Å². The summed E-state index contributed by atoms with van der Waals surface area (Å²) in [4.78, 5) is 22.9. The van der Waals surface area contributed by atoms with Crippen molar-refractivity contribution in [2.75, 3.05) is 6.54 Å². The van der Waals surface area contributed by atoms with Crippen molar-refractivity contribution in [1.29, 1.82) is 0 Å². The van der Waals surface area contributed by atoms with Crippen LogP contribution >= 0.6 is 11.6 Å². The van der Waals surface area contributed by atoms with Gasteiger partial charge in [0.1, 0.15) is 11.5 Å². The number of H-pyrrole nitrogens is 1. The summed E-state index contributed by atoms with van der Waals surface area (Å²) in [5.41, 5.74) is 1.54. The van der Waals surface area contributed by atoms with Crippen LogP contribution in [-0.2, 0) is 6.54 Å². The third kappa shape index (κ3) is 2.93. The summed E-state index contributed by atoms with van der Waals surface area (Å²) in [6.45, 7) is 3.72. The normalized spacial score (nSPS) is 18.0. The van der Waals surface area contributed by atoms with Gasteiger partial charge in [-0.05, 0) is 50.5 Å². The van der Waals surface area contributed by atoms with Gasteiger partial charge in [0, 0.05) is 41.4 Å². The number of fused-ring (bicyclic) bond motifs is 1. The number of halogens is 1. The van der Waals surface area contributed by atoms with Crippen LogP contribution in [0.2, 0.25) is 5.02 Å². The van der Waals surface area contributed by atoms with Gasteiger partial charge in [0.15, 0.2) is 0 Å². The molecule has 2 aromatic heterocycles. The lowest BCUT2D eigenvalue weighted by Gasteiger charge is -2.35. The van der Waals surface area contributed by atoms with Crippen molar-refractivity contribution in [1.82, 2.24) is 19.4 Å². The van der Waals surface area contributed by atoms with Crippen LogP contribution < -0.4 is 0 Å². The summed E-state index contributed by atoms with van der Waals surface area (Å²) in [5, 5.41) is 1.63. The Morgan fingerprint density at radius 2 is 2.24 bits per heavy atom. The first kappa shape index (κ1) is 16.2. The number of hydrogen-bond acceptors (Lipinski definition) is 2. The topological polar surface area (TPSA) is 53.9 Å². The molecule has 130 valence electrons. The van der Waals surface area contributed by atoms with E-state index in [9.17, 15) is 4.79 Å². The number of carbonyl (C=O) groups excluding carboxylic acids is 1. The number of imidazole rings is 1. The standard InChI is InChI=1S/C19H21ClN4O/c1-2-23-10-8-21-18(23)17-5-3-4-9-24(17)19(25)16-12-13-11-14(20)6-7-15(13)22-16/h6-8,10-12,17,22H,2-5,9H2,1H3. The van der Waals surface area contributed by atoms with E-state index >= 15 is 0 Å². The van der Waals surface area contributed by atoms with Crippen molar-refractivity contribution < 1.29 is 4.79 Å². The second-order valence-electron chi connectivity index (χ2n) is 6.50. The van der Waals surface area contributed by atoms with Crippen LogP contribution in [0.5, 0.6) is 0 Å². The van der Waals surface area contributed by atoms with Crippen LogP contribution in [0.4, 0.5) is 0 Å². The number of amides is 1. The van der Waals surface area contributed by atoms with Crippen molar-refractivity contribution in [3.8, 4) is 0 Å². The molecule has 1 atom stereocenters. The molecule has 0 radical (unpaired) electrons. The van der Waals surface area contributed by atoms with Gasteiger partial charge in [0.2, 0.25) is 0 Å². The Labute approximate surface area is 151 Å². The fourth-order valence-electron chi connectivity index (χ4n) is 3.70. The predicted molar refractivity (Wildman–Crippen MR) is 98.8 cm³/mol. The maximum atomic E-state index is 13.2. The smallest absolute Gasteiger partial charge is 0.270 e. The lowest BCUT2D eigenvalue weighted by Crippen LogP contribution is -2.39. The van der Waals surface area contributed by atoms with E-state index in [1.807, 2.05) is 41.6 Å². The van der Waals surface area contributed by atoms with Gasteiger partial charge in [-0.3, -0.25) is 4.79 Å². The zero-order chi connectivity index (χ0) is 17.4. The van der Waals surface area contributed by atoms with Crippen molar-refractivity contribution in [3.05, 3.63) is 53.2 Å². The zero-order valence-electron chi connectivity index (χ0n) is 14.2. The number of nitrogens with one attached hydrogen (secondary N) is 1. The fraction of sp³-hybridized carbons (Fsp3) is 0.368. The van der Waals surface area contributed by atoms with E-state index in [0.29, 0.717) is 10.7 Å². The number of carbonyl (C=O) groups is 1. The highest BCUT2D eigenvalue weighted by atomic mass is 35.5. The van der Waals surface area contributed by atoms with Crippen molar-refractivity contribution >= 4 is 28.4 Å². The third-order valence-electron chi connectivity index (χ3n) is 4.96. The molecule has 6 heteroatoms. The molecule has 1 saturated heterocycles. The number of aromatic amines is 1. The Bertz CT molecular complexity index is 913. The molecule has 25 heavy (non-hydrogen) atoms. The molecule has 5 nitrogen and oxygen atoms in total. The molecule has 3 aromatic rings. The molecule has 0 bridgehead atoms. The summed E-state index contributed by atoms with van der Waals surface area (Å²) < 4.78 is 2.13. The first-order valence-corrected chi connectivity index (χ1v) is 9.15. The van der Waals surface area contributed by atoms with Gasteiger partial charge in [-0.2, -0.15) is 0 Å². The van der Waals surface area contributed by atoms with Gasteiger partial charge in [0.25, 0.3) is 5.91 Å². The summed E-state index contributed by atoms with van der Waals surface area (Å²) in [7, 11) is 0. The van der Waals surface area contributed by atoms with Gasteiger partial charge in [-0.15, -0.1) is 0 Å². The molecule has 1 aliphatic heterocycles. The first-order valence-electron chi connectivity index (χ1n) is 8.77. The quantitative estimate of drug-likeness (QED) is 0.756. The number of benzene rings is 1. The average molecular weight is 357 g/mol. The monoisotopic (exact) mass is 356 g/mol. The Morgan fingerprint density at radius 3 is 3.08 bits per heavy atom. The Balaban J connectivity index is 1.68. The van der Waals surface area contributed by atoms with Gasteiger partial charge < -0.3 is 14.5 Å². The lowest BCUT2D eigenvalue weighted by atomic mass is 10.0. The molecule has 1 fully saturated rings. The maximum Gasteiger partial charge on any atom is 0.270 e. The maximum absolute atomic E-state index is 13.2. The van der Waals surface area contributed by atoms with Crippen LogP contribution in [0.25, 0.3) is 10.9 Å². The van der Waals surface area contributed by atoms with Gasteiger partial charge >= 0.3 is 0 Å². The molecule has 0 spiro atoms. The highest BCUT2D eigenvalue weighted by Gasteiger charge is 2.32. The number of aromatic nitrogens is 3. The minimum atomic E-state index is 0.0303. The van der Waals surface area contributed by atoms with Crippen LogP contribution in [0.1, 0.15) is 48.5 Å². The molecule has 0 aliphatic carbocycles. The van der Waals surface area contributed by atoms with Gasteiger partial charge in [-0.1, -0.05) is 11.6 Å². The van der Waals surface area contributed by atoms with E-state index in [2.05, 4.69) is 21.5 Å². The Morgan fingerprint density at radius 1 is 1.36 bits per heavy atom. The highest BCUT2D eigenvalue weighted by Crippen LogP contribution is 2.32. The number of aryl methyl sites for hydroxylation is 1. The van der Waals surface area contributed by atoms with Crippen molar-refractivity contribution in [3.63, 3.8) is 0 Å². The van der Waals surface area contributed by atoms with Crippen LogP contribution in [0, 0.1) is 0 Å². The summed E-state index contributed by atoms with van der Waals surface area (Å²) >= 11 is 6.06. The molecule has 1 unspecified atom stereocenters. The molecule has 1 amide bonds. The number of likely N-dealkylation sites (tertiary alicyclic amines) is 1. The second-order valence-corrected chi connectivity index (χ2v) is 6.93. The molecule has 3 heterocycles. The highest BCUT2D eigenvalue weighted by molar-refractivity contribution is 6.31. The van der Waals surface area contributed by atoms with E-state index in [0.717, 1.165) is 49.1 Å². The number of rotatable bonds is 3. The lowest BCUT2D eigenvalue weighted by molar-refractivity contribution is 0.0590. The first-order chi connectivity index (χ1) is 12.2. The predicted octanol–water partition coefficient (Wildman–Crippen LogP) is 4.41. The largest absolute Gasteiger partial charge is 0.351 e. The van der Waals surface area contributed by atoms with E-state index in [-0.39, 0.29) is 11.9 Å². The SMILES string of the molecule is CCn1ccnc1C1CCCCN1C(=O)c1cc2cc(Cl)ccc2[nH]1. The van der Waals surface area contributed by atoms with E-state index in [1.54, 1.807) is 0 Å². The molecular formula is C19H21ClN4O. The van der Waals surface area contributed by atoms with E-state index in [4.69, 9.17) is 11.6 Å². The second kappa shape index (κ2) is 6.56. The molecule has 4 rings (SSSR count). The van der Waals surface area contributed by atoms with Crippen molar-refractivity contribution in [2.45, 2.75) is 38.8 Å². The molecule has 1 aliphatic rings. The molecule has 1 N–H and O–H groups in total. The van der Waals surface area contributed by atoms with E-state index < -0.39 is 0 Å². The number of hydrogen-bond donors (Lipinski definition) is 1.